The molecule has 0 N–H and O–H groups in total. The van der Waals surface area contributed by atoms with Gasteiger partial charge in [0.2, 0.25) is 0 Å². The Kier molecular flexibility index (Phi) is 21.2. The van der Waals surface area contributed by atoms with Crippen molar-refractivity contribution in [2.24, 2.45) is 0 Å². The molecule has 0 atom stereocenters. The Morgan fingerprint density at radius 3 is 0.614 bits per heavy atom. The van der Waals surface area contributed by atoms with Gasteiger partial charge in [-0.25, -0.2) is 0 Å². The summed E-state index contributed by atoms with van der Waals surface area (Å²) in [6.07, 6.45) is -19.0. The largest absolute Gasteiger partial charge is 0.390 e. The summed E-state index contributed by atoms with van der Waals surface area (Å²) < 4.78 is 159. The first-order valence-electron chi connectivity index (χ1n) is 23.3. The van der Waals surface area contributed by atoms with E-state index < -0.39 is 50.4 Å². The van der Waals surface area contributed by atoms with E-state index in [4.69, 9.17) is 0 Å². The Balaban J connectivity index is 1.80. The minimum Gasteiger partial charge on any atom is -0.371 e. The van der Waals surface area contributed by atoms with Gasteiger partial charge in [-0.1, -0.05) is 27.7 Å². The second-order valence-corrected chi connectivity index (χ2v) is 16.6. The third-order valence-electron chi connectivity index (χ3n) is 10.9. The van der Waals surface area contributed by atoms with Gasteiger partial charge in [0.15, 0.2) is 0 Å². The highest BCUT2D eigenvalue weighted by Gasteiger charge is 2.31. The molecule has 0 aromatic heterocycles. The third-order valence-corrected chi connectivity index (χ3v) is 10.9. The zero-order valence-electron chi connectivity index (χ0n) is 39.8. The molecule has 0 fully saturated rings. The standard InChI is InChI=1S/C52H60F12N6/c1-5-31-65(37-27-49(53,54)55)41-11-19-45(20-12-41)69(46-21-13-42(14-22-46)66(32-6-2)38-28-50(56,57)58)35-9-10-36-70(47-23-15-43(16-24-47)67(33-7-3)39-29-51(59,60)61)48-25-17-44(18-26-48)68(34-8-4)40-30-52(62,63)64/h11-26H,5-8,27-34,37-40H2,1-4H3. The molecule has 4 aromatic carbocycles. The lowest BCUT2D eigenvalue weighted by Gasteiger charge is -2.27. The highest BCUT2D eigenvalue weighted by atomic mass is 19.4. The molecule has 382 valence electrons. The highest BCUT2D eigenvalue weighted by molar-refractivity contribution is 5.74. The molecule has 0 unspecified atom stereocenters. The number of nitrogens with zero attached hydrogens (tertiary/aromatic N) is 6. The van der Waals surface area contributed by atoms with E-state index in [0.29, 0.717) is 97.4 Å². The van der Waals surface area contributed by atoms with Gasteiger partial charge in [-0.2, -0.15) is 52.7 Å². The van der Waals surface area contributed by atoms with E-state index in [2.05, 4.69) is 23.9 Å². The van der Waals surface area contributed by atoms with E-state index in [1.807, 2.05) is 27.7 Å². The van der Waals surface area contributed by atoms with Crippen molar-refractivity contribution in [3.8, 4) is 23.9 Å². The van der Waals surface area contributed by atoms with Crippen LogP contribution in [0.25, 0.3) is 0 Å². The Morgan fingerprint density at radius 1 is 0.286 bits per heavy atom. The van der Waals surface area contributed by atoms with Crippen molar-refractivity contribution in [1.82, 2.24) is 0 Å². The molecular formula is C52H60F12N6. The van der Waals surface area contributed by atoms with Crippen molar-refractivity contribution in [3.05, 3.63) is 97.1 Å². The monoisotopic (exact) mass is 996 g/mol. The van der Waals surface area contributed by atoms with Gasteiger partial charge in [0.05, 0.1) is 48.4 Å². The van der Waals surface area contributed by atoms with Crippen molar-refractivity contribution in [2.75, 3.05) is 81.8 Å². The Bertz CT molecular complexity index is 1960. The number of hydrogen-bond donors (Lipinski definition) is 0. The topological polar surface area (TPSA) is 19.4 Å². The van der Waals surface area contributed by atoms with Crippen LogP contribution in [0.5, 0.6) is 0 Å². The molecule has 6 nitrogen and oxygen atoms in total. The van der Waals surface area contributed by atoms with E-state index >= 15 is 0 Å². The summed E-state index contributed by atoms with van der Waals surface area (Å²) in [7, 11) is 0. The molecule has 0 spiro atoms. The van der Waals surface area contributed by atoms with Gasteiger partial charge >= 0.3 is 24.7 Å². The predicted molar refractivity (Wildman–Crippen MR) is 258 cm³/mol. The molecular weight excluding hydrogens is 937 g/mol. The van der Waals surface area contributed by atoms with Gasteiger partial charge < -0.3 is 19.6 Å². The fourth-order valence-electron chi connectivity index (χ4n) is 7.58. The van der Waals surface area contributed by atoms with Crippen LogP contribution in [0.4, 0.5) is 98.2 Å². The minimum absolute atomic E-state index is 0.244. The first-order chi connectivity index (χ1) is 33.0. The van der Waals surface area contributed by atoms with E-state index in [1.54, 1.807) is 126 Å². The van der Waals surface area contributed by atoms with Gasteiger partial charge in [0, 0.05) is 99.0 Å². The molecule has 0 bridgehead atoms. The molecule has 0 saturated heterocycles. The lowest BCUT2D eigenvalue weighted by Crippen LogP contribution is -2.29. The number of alkyl halides is 12. The van der Waals surface area contributed by atoms with Crippen molar-refractivity contribution in [2.45, 2.75) is 104 Å². The van der Waals surface area contributed by atoms with Crippen molar-refractivity contribution >= 4 is 45.5 Å². The molecule has 0 aliphatic rings. The number of benzene rings is 4. The van der Waals surface area contributed by atoms with Crippen LogP contribution in [0.15, 0.2) is 97.1 Å². The van der Waals surface area contributed by atoms with Crippen LogP contribution < -0.4 is 29.4 Å². The molecule has 0 amide bonds. The second kappa shape index (κ2) is 26.2. The summed E-state index contributed by atoms with van der Waals surface area (Å²) in [4.78, 5) is 9.72. The third kappa shape index (κ3) is 19.4. The van der Waals surface area contributed by atoms with Crippen LogP contribution in [-0.2, 0) is 0 Å². The molecule has 0 aliphatic carbocycles. The van der Waals surface area contributed by atoms with Crippen molar-refractivity contribution in [3.63, 3.8) is 0 Å². The molecule has 0 saturated carbocycles. The minimum atomic E-state index is -4.35. The van der Waals surface area contributed by atoms with Crippen molar-refractivity contribution in [1.29, 1.82) is 0 Å². The maximum absolute atomic E-state index is 13.2. The zero-order chi connectivity index (χ0) is 51.5. The van der Waals surface area contributed by atoms with Gasteiger partial charge in [0.1, 0.15) is 0 Å². The maximum atomic E-state index is 13.2. The number of anilines is 8. The van der Waals surface area contributed by atoms with Crippen LogP contribution >= 0.6 is 0 Å². The average molecular weight is 997 g/mol. The highest BCUT2D eigenvalue weighted by Crippen LogP contribution is 2.33. The van der Waals surface area contributed by atoms with Crippen LogP contribution in [0, 0.1) is 23.9 Å². The Morgan fingerprint density at radius 2 is 0.457 bits per heavy atom. The average Bonchev–Trinajstić information content (AvgIpc) is 3.30. The summed E-state index contributed by atoms with van der Waals surface area (Å²) in [5.74, 6) is 5.74. The molecule has 0 heterocycles. The normalized spacial score (nSPS) is 11.8. The molecule has 18 heteroatoms. The van der Waals surface area contributed by atoms with Gasteiger partial charge in [-0.3, -0.25) is 9.80 Å². The summed E-state index contributed by atoms with van der Waals surface area (Å²) in [5.41, 5.74) is 4.26. The van der Waals surface area contributed by atoms with E-state index in [-0.39, 0.29) is 26.2 Å². The molecule has 0 aliphatic heterocycles. The SMILES string of the molecule is CCCN(CCC(F)(F)F)c1ccc(N(C#CC#CN(c2ccc(N(CCC)CCC(F)(F)F)cc2)c2ccc(N(CCC)CCC(F)(F)F)cc2)c2ccc(N(CCC)CCC(F)(F)F)cc2)cc1. The molecule has 70 heavy (non-hydrogen) atoms. The first kappa shape index (κ1) is 56.5. The fraction of sp³-hybridized carbons (Fsp3) is 0.462. The number of halogens is 12. The van der Waals surface area contributed by atoms with Gasteiger partial charge in [0.25, 0.3) is 0 Å². The number of hydrogen-bond acceptors (Lipinski definition) is 6. The second-order valence-electron chi connectivity index (χ2n) is 16.6. The maximum Gasteiger partial charge on any atom is 0.390 e. The Labute approximate surface area is 403 Å². The lowest BCUT2D eigenvalue weighted by molar-refractivity contribution is -0.133. The predicted octanol–water partition coefficient (Wildman–Crippen LogP) is 15.3. The quantitative estimate of drug-likeness (QED) is 0.0393. The van der Waals surface area contributed by atoms with Crippen molar-refractivity contribution < 1.29 is 52.7 Å². The summed E-state index contributed by atoms with van der Waals surface area (Å²) >= 11 is 0. The fourth-order valence-corrected chi connectivity index (χ4v) is 7.58. The lowest BCUT2D eigenvalue weighted by atomic mass is 10.2. The van der Waals surface area contributed by atoms with Crippen LogP contribution in [0.2, 0.25) is 0 Å². The van der Waals surface area contributed by atoms with E-state index in [9.17, 15) is 52.7 Å². The first-order valence-corrected chi connectivity index (χ1v) is 23.3. The Hall–Kier alpha value is -6.04. The smallest absolute Gasteiger partial charge is 0.371 e. The van der Waals surface area contributed by atoms with E-state index in [1.165, 1.54) is 0 Å². The van der Waals surface area contributed by atoms with Crippen LogP contribution in [-0.4, -0.2) is 77.1 Å². The van der Waals surface area contributed by atoms with E-state index in [0.717, 1.165) is 0 Å². The number of rotatable bonds is 24. The van der Waals surface area contributed by atoms with Crippen LogP contribution in [0.3, 0.4) is 0 Å². The summed E-state index contributed by atoms with van der Waals surface area (Å²) in [6.45, 7) is 7.99. The summed E-state index contributed by atoms with van der Waals surface area (Å²) in [5, 5.41) is 0. The van der Waals surface area contributed by atoms with Gasteiger partial charge in [-0.05, 0) is 123 Å². The molecule has 4 rings (SSSR count). The molecule has 0 radical (unpaired) electrons. The summed E-state index contributed by atoms with van der Waals surface area (Å²) in [6, 6.07) is 33.1. The van der Waals surface area contributed by atoms with Crippen LogP contribution in [0.1, 0.15) is 79.1 Å². The molecule has 4 aromatic rings. The van der Waals surface area contributed by atoms with Gasteiger partial charge in [-0.15, -0.1) is 0 Å². The zero-order valence-corrected chi connectivity index (χ0v) is 39.8.